The van der Waals surface area contributed by atoms with Gasteiger partial charge in [-0.25, -0.2) is 0 Å². The number of nitrogens with one attached hydrogen (secondary N) is 2. The van der Waals surface area contributed by atoms with Gasteiger partial charge in [-0.05, 0) is 49.7 Å². The summed E-state index contributed by atoms with van der Waals surface area (Å²) in [5, 5.41) is 10.5. The van der Waals surface area contributed by atoms with Crippen LogP contribution in [-0.2, 0) is 16.1 Å². The lowest BCUT2D eigenvalue weighted by atomic mass is 10.2. The van der Waals surface area contributed by atoms with E-state index in [0.29, 0.717) is 29.3 Å². The maximum Gasteiger partial charge on any atom is 0.212 e. The summed E-state index contributed by atoms with van der Waals surface area (Å²) in [6, 6.07) is 12.5. The molecule has 1 amide bonds. The number of carbonyl (C=O) groups excluding carboxylic acids is 1. The number of nitrogens with two attached hydrogens (primary N) is 1. The molecule has 0 bridgehead atoms. The quantitative estimate of drug-likeness (QED) is 0.281. The molecule has 0 radical (unpaired) electrons. The van der Waals surface area contributed by atoms with Crippen molar-refractivity contribution in [2.75, 3.05) is 12.8 Å². The van der Waals surface area contributed by atoms with Gasteiger partial charge in [0.1, 0.15) is 5.75 Å². The van der Waals surface area contributed by atoms with Crippen molar-refractivity contribution in [1.82, 2.24) is 5.32 Å². The van der Waals surface area contributed by atoms with Gasteiger partial charge in [0.15, 0.2) is 0 Å². The number of carbonyl (C=O) groups is 1. The molecule has 154 valence electrons. The van der Waals surface area contributed by atoms with Crippen molar-refractivity contribution in [1.29, 1.82) is 5.41 Å². The van der Waals surface area contributed by atoms with Gasteiger partial charge in [-0.2, -0.15) is 0 Å². The number of halogens is 1. The van der Waals surface area contributed by atoms with Gasteiger partial charge in [0.2, 0.25) is 12.3 Å². The summed E-state index contributed by atoms with van der Waals surface area (Å²) in [6.07, 6.45) is 0.756. The van der Waals surface area contributed by atoms with Crippen molar-refractivity contribution in [3.8, 4) is 5.75 Å². The van der Waals surface area contributed by atoms with E-state index in [4.69, 9.17) is 32.2 Å². The highest BCUT2D eigenvalue weighted by Crippen LogP contribution is 2.26. The molecule has 0 aliphatic heterocycles. The van der Waals surface area contributed by atoms with Crippen LogP contribution in [0.15, 0.2) is 42.5 Å². The third-order valence-electron chi connectivity index (χ3n) is 3.13. The van der Waals surface area contributed by atoms with Crippen LogP contribution in [0.2, 0.25) is 5.02 Å². The molecule has 0 aromatic heterocycles. The Morgan fingerprint density at radius 2 is 1.82 bits per heavy atom. The zero-order chi connectivity index (χ0) is 21.5. The zero-order valence-electron chi connectivity index (χ0n) is 17.1. The molecule has 0 unspecified atom stereocenters. The van der Waals surface area contributed by atoms with Crippen molar-refractivity contribution in [3.63, 3.8) is 0 Å². The topological polar surface area (TPSA) is 97.4 Å². The second-order valence-electron chi connectivity index (χ2n) is 5.59. The Labute approximate surface area is 172 Å². The molecule has 0 atom stereocenters. The molecular weight excluding hydrogens is 378 g/mol. The molecule has 0 saturated heterocycles. The lowest BCUT2D eigenvalue weighted by molar-refractivity contribution is -0.109. The summed E-state index contributed by atoms with van der Waals surface area (Å²) in [4.78, 5) is 9.91. The van der Waals surface area contributed by atoms with E-state index in [0.717, 1.165) is 11.3 Å². The minimum atomic E-state index is 0.0789. The Morgan fingerprint density at radius 1 is 1.21 bits per heavy atom. The molecule has 0 fully saturated rings. The Morgan fingerprint density at radius 3 is 2.29 bits per heavy atom. The third-order valence-corrected chi connectivity index (χ3v) is 3.43. The number of hydrogen-bond acceptors (Lipinski definition) is 5. The number of benzene rings is 2. The van der Waals surface area contributed by atoms with Crippen LogP contribution in [0.3, 0.4) is 0 Å². The summed E-state index contributed by atoms with van der Waals surface area (Å²) in [6.45, 7) is 8.42. The zero-order valence-corrected chi connectivity index (χ0v) is 17.8. The molecule has 2 aromatic carbocycles. The van der Waals surface area contributed by atoms with E-state index in [2.05, 4.69) is 5.32 Å². The Balaban J connectivity index is 0.000000497. The van der Waals surface area contributed by atoms with Crippen molar-refractivity contribution in [2.45, 2.75) is 40.3 Å². The lowest BCUT2D eigenvalue weighted by Crippen LogP contribution is -2.09. The molecule has 4 N–H and O–H groups in total. The number of hydrogen-bond donors (Lipinski definition) is 3. The molecule has 28 heavy (non-hydrogen) atoms. The van der Waals surface area contributed by atoms with Gasteiger partial charge in [-0.1, -0.05) is 37.6 Å². The van der Waals surface area contributed by atoms with E-state index >= 15 is 0 Å². The Bertz CT molecular complexity index is 719. The van der Waals surface area contributed by atoms with Gasteiger partial charge in [0.05, 0.1) is 18.2 Å². The van der Waals surface area contributed by atoms with Gasteiger partial charge < -0.3 is 20.5 Å². The van der Waals surface area contributed by atoms with Crippen LogP contribution >= 0.6 is 11.6 Å². The Kier molecular flexibility index (Phi) is 12.9. The lowest BCUT2D eigenvalue weighted by Gasteiger charge is -2.12. The first-order chi connectivity index (χ1) is 13.4. The third kappa shape index (κ3) is 9.83. The summed E-state index contributed by atoms with van der Waals surface area (Å²) in [5.74, 6) is 0.715. The average molecular weight is 408 g/mol. The largest absolute Gasteiger partial charge is 0.489 e. The molecular formula is C21H30ClN3O3. The number of amides is 1. The average Bonchev–Trinajstić information content (AvgIpc) is 2.70. The molecule has 0 saturated carbocycles. The maximum atomic E-state index is 9.91. The SMILES string of the molecule is CC.COC(=N)c1ccc(OC(C)C)c(Cl)c1.Nc1ccc(CNC=O)cc1. The Hall–Kier alpha value is -2.73. The summed E-state index contributed by atoms with van der Waals surface area (Å²) in [7, 11) is 1.45. The first kappa shape index (κ1) is 25.3. The highest BCUT2D eigenvalue weighted by Gasteiger charge is 2.07. The molecule has 2 rings (SSSR count). The normalized spacial score (nSPS) is 9.25. The first-order valence-corrected chi connectivity index (χ1v) is 9.35. The number of anilines is 1. The molecule has 6 nitrogen and oxygen atoms in total. The molecule has 0 heterocycles. The van der Waals surface area contributed by atoms with Crippen molar-refractivity contribution < 1.29 is 14.3 Å². The van der Waals surface area contributed by atoms with Crippen molar-refractivity contribution in [2.24, 2.45) is 0 Å². The van der Waals surface area contributed by atoms with Crippen molar-refractivity contribution >= 4 is 29.6 Å². The summed E-state index contributed by atoms with van der Waals surface area (Å²) < 4.78 is 10.3. The van der Waals surface area contributed by atoms with E-state index in [1.165, 1.54) is 7.11 Å². The van der Waals surface area contributed by atoms with E-state index in [1.807, 2.05) is 52.0 Å². The van der Waals surface area contributed by atoms with E-state index in [1.54, 1.807) is 18.2 Å². The van der Waals surface area contributed by atoms with Gasteiger partial charge in [-0.3, -0.25) is 10.2 Å². The maximum absolute atomic E-state index is 9.91. The number of ether oxygens (including phenoxy) is 2. The van der Waals surface area contributed by atoms with E-state index in [-0.39, 0.29) is 12.0 Å². The number of methoxy groups -OCH3 is 1. The number of rotatable bonds is 6. The van der Waals surface area contributed by atoms with Crippen LogP contribution in [0.25, 0.3) is 0 Å². The highest BCUT2D eigenvalue weighted by molar-refractivity contribution is 6.32. The highest BCUT2D eigenvalue weighted by atomic mass is 35.5. The molecule has 2 aromatic rings. The van der Waals surface area contributed by atoms with Crippen LogP contribution < -0.4 is 15.8 Å². The van der Waals surface area contributed by atoms with Crippen LogP contribution in [0.5, 0.6) is 5.75 Å². The van der Waals surface area contributed by atoms with Crippen LogP contribution in [0.1, 0.15) is 38.8 Å². The monoisotopic (exact) mass is 407 g/mol. The molecule has 0 spiro atoms. The van der Waals surface area contributed by atoms with Gasteiger partial charge in [0, 0.05) is 17.8 Å². The van der Waals surface area contributed by atoms with Crippen LogP contribution in [0, 0.1) is 5.41 Å². The second-order valence-corrected chi connectivity index (χ2v) is 5.99. The summed E-state index contributed by atoms with van der Waals surface area (Å²) in [5.41, 5.74) is 7.89. The van der Waals surface area contributed by atoms with Crippen molar-refractivity contribution in [3.05, 3.63) is 58.6 Å². The second kappa shape index (κ2) is 14.3. The van der Waals surface area contributed by atoms with Gasteiger partial charge >= 0.3 is 0 Å². The smallest absolute Gasteiger partial charge is 0.212 e. The van der Waals surface area contributed by atoms with Gasteiger partial charge in [0.25, 0.3) is 0 Å². The fourth-order valence-electron chi connectivity index (χ4n) is 1.90. The van der Waals surface area contributed by atoms with Crippen LogP contribution in [0.4, 0.5) is 5.69 Å². The fourth-order valence-corrected chi connectivity index (χ4v) is 2.13. The standard InChI is InChI=1S/C11H14ClNO2.C8H10N2O.C2H6/c1-7(2)15-10-5-4-8(6-9(10)12)11(13)14-3;9-8-3-1-7(2-4-8)5-10-6-11;1-2/h4-7,13H,1-3H3;1-4,6H,5,9H2,(H,10,11);1-2H3. The minimum Gasteiger partial charge on any atom is -0.489 e. The predicted molar refractivity (Wildman–Crippen MR) is 116 cm³/mol. The van der Waals surface area contributed by atoms with E-state index in [9.17, 15) is 4.79 Å². The fraction of sp³-hybridized carbons (Fsp3) is 0.333. The van der Waals surface area contributed by atoms with Gasteiger partial charge in [-0.15, -0.1) is 0 Å². The molecule has 0 aliphatic carbocycles. The van der Waals surface area contributed by atoms with E-state index < -0.39 is 0 Å². The minimum absolute atomic E-state index is 0.0789. The van der Waals surface area contributed by atoms with Crippen LogP contribution in [-0.4, -0.2) is 25.5 Å². The molecule has 0 aliphatic rings. The number of nitrogen functional groups attached to an aromatic ring is 1. The first-order valence-electron chi connectivity index (χ1n) is 8.98. The predicted octanol–water partition coefficient (Wildman–Crippen LogP) is 4.64. The summed E-state index contributed by atoms with van der Waals surface area (Å²) >= 11 is 6.00. The molecule has 7 heteroatoms.